The van der Waals surface area contributed by atoms with Crippen LogP contribution in [0.3, 0.4) is 0 Å². The van der Waals surface area contributed by atoms with Gasteiger partial charge in [0.1, 0.15) is 0 Å². The van der Waals surface area contributed by atoms with E-state index < -0.39 is 35.3 Å². The second kappa shape index (κ2) is 5.59. The lowest BCUT2D eigenvalue weighted by atomic mass is 9.94. The van der Waals surface area contributed by atoms with E-state index in [0.29, 0.717) is 10.9 Å². The third-order valence-electron chi connectivity index (χ3n) is 3.75. The Hall–Kier alpha value is -1.88. The molecule has 0 saturated carbocycles. The first-order chi connectivity index (χ1) is 11.1. The number of aromatic nitrogens is 1. The first-order valence-corrected chi connectivity index (χ1v) is 7.20. The molecule has 1 aliphatic heterocycles. The topological polar surface area (TPSA) is 152 Å². The first kappa shape index (κ1) is 17.0. The Morgan fingerprint density at radius 1 is 1.29 bits per heavy atom. The van der Waals surface area contributed by atoms with Crippen LogP contribution in [0.25, 0.3) is 10.9 Å². The van der Waals surface area contributed by atoms with E-state index in [0.717, 1.165) is 0 Å². The van der Waals surface area contributed by atoms with Crippen LogP contribution in [0.15, 0.2) is 30.3 Å². The molecular weight excluding hydrogens is 346 g/mol. The number of carbonyl (C=O) groups is 1. The van der Waals surface area contributed by atoms with Gasteiger partial charge in [-0.25, -0.2) is 4.79 Å². The van der Waals surface area contributed by atoms with Crippen molar-refractivity contribution in [2.24, 2.45) is 0 Å². The highest BCUT2D eigenvalue weighted by Gasteiger charge is 2.65. The molecule has 2 heterocycles. The number of carboxylic acid groups (broad SMARTS) is 1. The molecule has 1 aliphatic rings. The van der Waals surface area contributed by atoms with Crippen LogP contribution in [-0.2, 0) is 9.53 Å². The van der Waals surface area contributed by atoms with Crippen LogP contribution in [-0.4, -0.2) is 65.8 Å². The van der Waals surface area contributed by atoms with Gasteiger partial charge in [0.05, 0.1) is 0 Å². The van der Waals surface area contributed by atoms with Crippen LogP contribution in [0.4, 0.5) is 0 Å². The summed E-state index contributed by atoms with van der Waals surface area (Å²) < 4.78 is 9.70. The second-order valence-corrected chi connectivity index (χ2v) is 5.95. The summed E-state index contributed by atoms with van der Waals surface area (Å²) in [5.74, 6) is -4.75. The smallest absolute Gasteiger partial charge is 0.336 e. The van der Waals surface area contributed by atoms with Crippen molar-refractivity contribution in [3.63, 3.8) is 0 Å². The van der Waals surface area contributed by atoms with Gasteiger partial charge < -0.3 is 40.0 Å². The van der Waals surface area contributed by atoms with Gasteiger partial charge in [0, 0.05) is 17.0 Å². The number of aliphatic carboxylic acids is 1. The van der Waals surface area contributed by atoms with Crippen molar-refractivity contribution in [2.45, 2.75) is 29.3 Å². The highest BCUT2D eigenvalue weighted by atomic mass is 35.5. The lowest BCUT2D eigenvalue weighted by Crippen LogP contribution is -2.73. The maximum absolute atomic E-state index is 11.1. The van der Waals surface area contributed by atoms with Crippen molar-refractivity contribution < 1.29 is 39.8 Å². The molecule has 3 rings (SSSR count). The molecule has 9 nitrogen and oxygen atoms in total. The number of aliphatic hydroxyl groups excluding tert-OH is 2. The normalized spacial score (nSPS) is 36.6. The predicted molar refractivity (Wildman–Crippen MR) is 79.2 cm³/mol. The fourth-order valence-electron chi connectivity index (χ4n) is 2.52. The van der Waals surface area contributed by atoms with Crippen molar-refractivity contribution >= 4 is 28.5 Å². The predicted octanol–water partition coefficient (Wildman–Crippen LogP) is -0.675. The fourth-order valence-corrected chi connectivity index (χ4v) is 2.77. The Bertz CT molecular complexity index is 744. The molecule has 5 atom stereocenters. The number of ether oxygens (including phenoxy) is 2. The highest BCUT2D eigenvalue weighted by Crippen LogP contribution is 2.39. The lowest BCUT2D eigenvalue weighted by molar-refractivity contribution is -0.380. The Morgan fingerprint density at radius 2 is 1.96 bits per heavy atom. The van der Waals surface area contributed by atoms with Crippen molar-refractivity contribution in [1.82, 2.24) is 4.98 Å². The summed E-state index contributed by atoms with van der Waals surface area (Å²) >= 11 is 5.51. The summed E-state index contributed by atoms with van der Waals surface area (Å²) in [4.78, 5) is 13.9. The minimum atomic E-state index is -2.98. The first-order valence-electron chi connectivity index (χ1n) is 6.82. The van der Waals surface area contributed by atoms with Gasteiger partial charge in [-0.15, -0.1) is 0 Å². The van der Waals surface area contributed by atoms with Gasteiger partial charge in [0.15, 0.2) is 24.2 Å². The summed E-state index contributed by atoms with van der Waals surface area (Å²) in [6.07, 6.45) is -6.75. The molecule has 1 aromatic carbocycles. The van der Waals surface area contributed by atoms with Crippen molar-refractivity contribution in [1.29, 1.82) is 0 Å². The zero-order valence-electron chi connectivity index (χ0n) is 12.0. The van der Waals surface area contributed by atoms with E-state index >= 15 is 0 Å². The van der Waals surface area contributed by atoms with Gasteiger partial charge >= 0.3 is 5.97 Å². The van der Waals surface area contributed by atoms with Gasteiger partial charge in [-0.2, -0.15) is 0 Å². The van der Waals surface area contributed by atoms with E-state index in [9.17, 15) is 25.2 Å². The average Bonchev–Trinajstić information content (AvgIpc) is 2.91. The number of fused-ring (bicyclic) bond motifs is 1. The van der Waals surface area contributed by atoms with Crippen molar-refractivity contribution in [3.8, 4) is 5.88 Å². The summed E-state index contributed by atoms with van der Waals surface area (Å²) in [5.41, 5.74) is 0.628. The Labute approximate surface area is 139 Å². The number of para-hydroxylation sites is 1. The van der Waals surface area contributed by atoms with E-state index in [1.165, 1.54) is 6.07 Å². The molecule has 1 fully saturated rings. The van der Waals surface area contributed by atoms with Gasteiger partial charge in [-0.1, -0.05) is 29.8 Å². The van der Waals surface area contributed by atoms with E-state index in [-0.39, 0.29) is 5.88 Å². The zero-order valence-corrected chi connectivity index (χ0v) is 12.7. The number of hydrogen-bond donors (Lipinski definition) is 6. The number of hydrogen-bond acceptors (Lipinski definition) is 7. The molecule has 2 aromatic rings. The quantitative estimate of drug-likeness (QED) is 0.311. The molecule has 24 heavy (non-hydrogen) atoms. The third-order valence-corrected chi connectivity index (χ3v) is 4.05. The summed E-state index contributed by atoms with van der Waals surface area (Å²) in [6, 6.07) is 8.39. The van der Waals surface area contributed by atoms with Gasteiger partial charge in [-0.3, -0.25) is 0 Å². The van der Waals surface area contributed by atoms with E-state index in [2.05, 4.69) is 9.72 Å². The van der Waals surface area contributed by atoms with Crippen LogP contribution in [0.2, 0.25) is 0 Å². The number of alkyl halides is 1. The fraction of sp³-hybridized carbons (Fsp3) is 0.357. The highest BCUT2D eigenvalue weighted by molar-refractivity contribution is 6.22. The number of carboxylic acids is 1. The molecule has 0 radical (unpaired) electrons. The number of rotatable bonds is 3. The molecule has 0 spiro atoms. The van der Waals surface area contributed by atoms with Crippen molar-refractivity contribution in [3.05, 3.63) is 30.3 Å². The molecular formula is C14H14ClNO8. The Morgan fingerprint density at radius 3 is 2.58 bits per heavy atom. The third kappa shape index (κ3) is 2.61. The SMILES string of the molecule is O=C(O)[C@H]1O[C@](O)(Cl)[C@H](O)[C@](O)(Oc2cc3ccccc3[nH]2)[C@@H]1O. The van der Waals surface area contributed by atoms with Gasteiger partial charge in [0.25, 0.3) is 11.0 Å². The van der Waals surface area contributed by atoms with Crippen LogP contribution in [0, 0.1) is 0 Å². The van der Waals surface area contributed by atoms with Crippen LogP contribution >= 0.6 is 11.6 Å². The zero-order chi connectivity index (χ0) is 17.7. The number of halogens is 1. The van der Waals surface area contributed by atoms with Gasteiger partial charge in [-0.05, 0) is 6.07 Å². The van der Waals surface area contributed by atoms with Gasteiger partial charge in [0.2, 0.25) is 0 Å². The van der Waals surface area contributed by atoms with E-state index in [4.69, 9.17) is 21.4 Å². The molecule has 1 aromatic heterocycles. The van der Waals surface area contributed by atoms with Crippen LogP contribution in [0.1, 0.15) is 0 Å². The minimum absolute atomic E-state index is 0.0877. The Kier molecular flexibility index (Phi) is 3.95. The molecule has 0 amide bonds. The average molecular weight is 360 g/mol. The lowest BCUT2D eigenvalue weighted by Gasteiger charge is -2.47. The number of H-pyrrole nitrogens is 1. The minimum Gasteiger partial charge on any atom is -0.479 e. The molecule has 0 unspecified atom stereocenters. The van der Waals surface area contributed by atoms with E-state index in [1.54, 1.807) is 24.3 Å². The number of nitrogens with one attached hydrogen (secondary N) is 1. The number of benzene rings is 1. The maximum Gasteiger partial charge on any atom is 0.336 e. The monoisotopic (exact) mass is 359 g/mol. The molecule has 6 N–H and O–H groups in total. The second-order valence-electron chi connectivity index (χ2n) is 5.41. The number of aliphatic hydroxyl groups is 4. The summed E-state index contributed by atoms with van der Waals surface area (Å²) in [7, 11) is 0. The van der Waals surface area contributed by atoms with E-state index in [1.807, 2.05) is 0 Å². The van der Waals surface area contributed by atoms with Crippen LogP contribution in [0.5, 0.6) is 5.88 Å². The molecule has 10 heteroatoms. The largest absolute Gasteiger partial charge is 0.479 e. The molecule has 1 saturated heterocycles. The Balaban J connectivity index is 1.99. The molecule has 0 bridgehead atoms. The maximum atomic E-state index is 11.1. The van der Waals surface area contributed by atoms with Crippen molar-refractivity contribution in [2.75, 3.05) is 0 Å². The molecule has 130 valence electrons. The van der Waals surface area contributed by atoms with Crippen LogP contribution < -0.4 is 4.74 Å². The summed E-state index contributed by atoms with van der Waals surface area (Å²) in [5, 5.41) is 47.1. The summed E-state index contributed by atoms with van der Waals surface area (Å²) in [6.45, 7) is 0. The standard InChI is InChI=1S/C14H14ClNO8/c15-14(22)12(20)13(21,10(17)9(24-14)11(18)19)23-8-5-6-3-1-2-4-7(6)16-8/h1-5,9-10,12,16-17,20-22H,(H,18,19)/t9-,10+,12+,13+,14-/m0/s1. The molecule has 0 aliphatic carbocycles. The number of aromatic amines is 1.